The van der Waals surface area contributed by atoms with Gasteiger partial charge >= 0.3 is 5.97 Å². The van der Waals surface area contributed by atoms with Crippen LogP contribution in [0.4, 0.5) is 0 Å². The van der Waals surface area contributed by atoms with Crippen molar-refractivity contribution < 1.29 is 19.5 Å². The van der Waals surface area contributed by atoms with Crippen LogP contribution in [0.2, 0.25) is 0 Å². The van der Waals surface area contributed by atoms with Crippen LogP contribution in [0.5, 0.6) is 0 Å². The summed E-state index contributed by atoms with van der Waals surface area (Å²) in [5.74, 6) is -1.71. The molecule has 6 nitrogen and oxygen atoms in total. The molecule has 1 unspecified atom stereocenters. The Labute approximate surface area is 135 Å². The minimum atomic E-state index is -1.01. The number of aryl methyl sites for hydroxylation is 1. The van der Waals surface area contributed by atoms with Crippen molar-refractivity contribution in [2.24, 2.45) is 11.7 Å². The van der Waals surface area contributed by atoms with E-state index in [9.17, 15) is 14.4 Å². The minimum Gasteiger partial charge on any atom is -0.481 e. The first-order valence-corrected chi connectivity index (χ1v) is 7.74. The average molecular weight is 318 g/mol. The normalized spacial score (nSPS) is 17.6. The first-order valence-electron chi connectivity index (χ1n) is 7.74. The van der Waals surface area contributed by atoms with Crippen LogP contribution < -0.4 is 5.73 Å². The summed E-state index contributed by atoms with van der Waals surface area (Å²) in [6.07, 6.45) is 0.882. The van der Waals surface area contributed by atoms with Crippen LogP contribution in [0, 0.1) is 12.8 Å². The van der Waals surface area contributed by atoms with E-state index < -0.39 is 12.0 Å². The number of hydrogen-bond donors (Lipinski definition) is 2. The smallest absolute Gasteiger partial charge is 0.305 e. The number of nitrogens with zero attached hydrogens (tertiary/aromatic N) is 1. The molecule has 0 spiro atoms. The Morgan fingerprint density at radius 2 is 1.78 bits per heavy atom. The van der Waals surface area contributed by atoms with Crippen LogP contribution in [0.3, 0.4) is 0 Å². The van der Waals surface area contributed by atoms with E-state index in [1.54, 1.807) is 12.1 Å². The summed E-state index contributed by atoms with van der Waals surface area (Å²) in [5, 5.41) is 9.14. The Morgan fingerprint density at radius 3 is 2.26 bits per heavy atom. The number of primary amides is 1. The lowest BCUT2D eigenvalue weighted by atomic mass is 9.92. The third-order valence-corrected chi connectivity index (χ3v) is 4.38. The van der Waals surface area contributed by atoms with Crippen molar-refractivity contribution in [2.45, 2.75) is 32.2 Å². The maximum Gasteiger partial charge on any atom is 0.305 e. The van der Waals surface area contributed by atoms with E-state index in [2.05, 4.69) is 0 Å². The predicted molar refractivity (Wildman–Crippen MR) is 85.0 cm³/mol. The fraction of sp³-hybridized carbons (Fsp3) is 0.471. The lowest BCUT2D eigenvalue weighted by molar-refractivity contribution is -0.138. The number of Topliss-reactive ketones (excluding diaryl/α,β-unsaturated/α-hetero) is 1. The monoisotopic (exact) mass is 318 g/mol. The van der Waals surface area contributed by atoms with Crippen molar-refractivity contribution in [3.8, 4) is 0 Å². The number of carboxylic acid groups (broad SMARTS) is 1. The molecule has 1 aromatic rings. The Kier molecular flexibility index (Phi) is 5.50. The summed E-state index contributed by atoms with van der Waals surface area (Å²) < 4.78 is 0. The molecule has 23 heavy (non-hydrogen) atoms. The number of benzene rings is 1. The highest BCUT2D eigenvalue weighted by atomic mass is 16.4. The minimum absolute atomic E-state index is 0.189. The van der Waals surface area contributed by atoms with Gasteiger partial charge in [0.1, 0.15) is 0 Å². The van der Waals surface area contributed by atoms with Gasteiger partial charge in [-0.05, 0) is 32.9 Å². The number of rotatable bonds is 6. The summed E-state index contributed by atoms with van der Waals surface area (Å²) in [4.78, 5) is 37.0. The summed E-state index contributed by atoms with van der Waals surface area (Å²) in [6.45, 7) is 2.93. The molecule has 1 aliphatic heterocycles. The standard InChI is InChI=1S/C17H22N2O4/c1-11-2-4-12(5-3-11)16(22)14(10-15(20)21)19-8-6-13(7-9-19)17(18)23/h2-5,13-14H,6-10H2,1H3,(H2,18,23)(H,20,21). The molecule has 6 heteroatoms. The van der Waals surface area contributed by atoms with Crippen molar-refractivity contribution in [2.75, 3.05) is 13.1 Å². The van der Waals surface area contributed by atoms with E-state index >= 15 is 0 Å². The molecule has 1 saturated heterocycles. The third kappa shape index (κ3) is 4.39. The average Bonchev–Trinajstić information content (AvgIpc) is 2.52. The molecular weight excluding hydrogens is 296 g/mol. The predicted octanol–water partition coefficient (Wildman–Crippen LogP) is 1.22. The van der Waals surface area contributed by atoms with Gasteiger partial charge in [-0.15, -0.1) is 0 Å². The molecule has 1 aliphatic rings. The molecule has 1 aromatic carbocycles. The second-order valence-electron chi connectivity index (χ2n) is 6.06. The molecule has 1 amide bonds. The van der Waals surface area contributed by atoms with E-state index in [4.69, 9.17) is 10.8 Å². The fourth-order valence-corrected chi connectivity index (χ4v) is 2.96. The van der Waals surface area contributed by atoms with Crippen molar-refractivity contribution in [3.63, 3.8) is 0 Å². The van der Waals surface area contributed by atoms with Crippen LogP contribution in [0.1, 0.15) is 35.2 Å². The number of carbonyl (C=O) groups excluding carboxylic acids is 2. The third-order valence-electron chi connectivity index (χ3n) is 4.38. The van der Waals surface area contributed by atoms with Gasteiger partial charge < -0.3 is 10.8 Å². The highest BCUT2D eigenvalue weighted by molar-refractivity contribution is 6.01. The number of likely N-dealkylation sites (tertiary alicyclic amines) is 1. The van der Waals surface area contributed by atoms with Gasteiger partial charge in [-0.2, -0.15) is 0 Å². The second-order valence-corrected chi connectivity index (χ2v) is 6.06. The summed E-state index contributed by atoms with van der Waals surface area (Å²) >= 11 is 0. The van der Waals surface area contributed by atoms with Gasteiger partial charge in [0.25, 0.3) is 0 Å². The molecule has 0 aliphatic carbocycles. The molecule has 1 heterocycles. The number of aliphatic carboxylic acids is 1. The lowest BCUT2D eigenvalue weighted by Crippen LogP contribution is -2.48. The van der Waals surface area contributed by atoms with E-state index in [1.165, 1.54) is 0 Å². The molecule has 124 valence electrons. The van der Waals surface area contributed by atoms with Gasteiger partial charge in [-0.3, -0.25) is 19.3 Å². The quantitative estimate of drug-likeness (QED) is 0.768. The van der Waals surface area contributed by atoms with Crippen LogP contribution in [0.15, 0.2) is 24.3 Å². The van der Waals surface area contributed by atoms with Crippen molar-refractivity contribution >= 4 is 17.7 Å². The molecule has 1 fully saturated rings. The number of piperidine rings is 1. The van der Waals surface area contributed by atoms with Gasteiger partial charge in [-0.1, -0.05) is 29.8 Å². The first kappa shape index (κ1) is 17.1. The van der Waals surface area contributed by atoms with Gasteiger partial charge in [0, 0.05) is 11.5 Å². The molecule has 0 saturated carbocycles. The van der Waals surface area contributed by atoms with Gasteiger partial charge in [0.2, 0.25) is 5.91 Å². The SMILES string of the molecule is Cc1ccc(C(=O)C(CC(=O)O)N2CCC(C(N)=O)CC2)cc1. The maximum atomic E-state index is 12.7. The Bertz CT molecular complexity index is 589. The summed E-state index contributed by atoms with van der Waals surface area (Å²) in [7, 11) is 0. The molecular formula is C17H22N2O4. The first-order chi connectivity index (χ1) is 10.9. The van der Waals surface area contributed by atoms with Gasteiger partial charge in [-0.25, -0.2) is 0 Å². The number of amides is 1. The van der Waals surface area contributed by atoms with Gasteiger partial charge in [0.15, 0.2) is 5.78 Å². The maximum absolute atomic E-state index is 12.7. The highest BCUT2D eigenvalue weighted by Gasteiger charge is 2.33. The summed E-state index contributed by atoms with van der Waals surface area (Å²) in [6, 6.07) is 6.42. The Hall–Kier alpha value is -2.21. The topological polar surface area (TPSA) is 101 Å². The zero-order chi connectivity index (χ0) is 17.0. The number of carboxylic acids is 1. The molecule has 0 bridgehead atoms. The molecule has 2 rings (SSSR count). The molecule has 3 N–H and O–H groups in total. The lowest BCUT2D eigenvalue weighted by Gasteiger charge is -2.35. The molecule has 0 radical (unpaired) electrons. The zero-order valence-corrected chi connectivity index (χ0v) is 13.2. The van der Waals surface area contributed by atoms with Crippen molar-refractivity contribution in [1.82, 2.24) is 4.90 Å². The van der Waals surface area contributed by atoms with Crippen molar-refractivity contribution in [1.29, 1.82) is 0 Å². The van der Waals surface area contributed by atoms with Crippen LogP contribution in [-0.4, -0.2) is 46.8 Å². The van der Waals surface area contributed by atoms with E-state index in [0.29, 0.717) is 31.5 Å². The number of carbonyl (C=O) groups is 3. The summed E-state index contributed by atoms with van der Waals surface area (Å²) in [5.41, 5.74) is 6.87. The van der Waals surface area contributed by atoms with E-state index in [0.717, 1.165) is 5.56 Å². The van der Waals surface area contributed by atoms with E-state index in [-0.39, 0.29) is 24.0 Å². The Balaban J connectivity index is 2.14. The number of ketones is 1. The zero-order valence-electron chi connectivity index (χ0n) is 13.2. The largest absolute Gasteiger partial charge is 0.481 e. The molecule has 1 atom stereocenters. The second kappa shape index (κ2) is 7.37. The molecule has 0 aromatic heterocycles. The van der Waals surface area contributed by atoms with Crippen LogP contribution >= 0.6 is 0 Å². The van der Waals surface area contributed by atoms with Gasteiger partial charge in [0.05, 0.1) is 12.5 Å². The van der Waals surface area contributed by atoms with Crippen LogP contribution in [-0.2, 0) is 9.59 Å². The fourth-order valence-electron chi connectivity index (χ4n) is 2.96. The van der Waals surface area contributed by atoms with Crippen LogP contribution in [0.25, 0.3) is 0 Å². The van der Waals surface area contributed by atoms with Crippen molar-refractivity contribution in [3.05, 3.63) is 35.4 Å². The van der Waals surface area contributed by atoms with E-state index in [1.807, 2.05) is 24.0 Å². The highest BCUT2D eigenvalue weighted by Crippen LogP contribution is 2.22. The Morgan fingerprint density at radius 1 is 1.22 bits per heavy atom. The number of hydrogen-bond acceptors (Lipinski definition) is 4. The number of nitrogens with two attached hydrogens (primary N) is 1.